The summed E-state index contributed by atoms with van der Waals surface area (Å²) in [5, 5.41) is 0. The number of anilines is 1. The molecule has 3 aliphatic rings. The second kappa shape index (κ2) is 2.91. The lowest BCUT2D eigenvalue weighted by Crippen LogP contribution is -2.38. The Hall–Kier alpha value is -1.18. The lowest BCUT2D eigenvalue weighted by Gasteiger charge is -2.42. The fourth-order valence-electron chi connectivity index (χ4n) is 2.81. The SMILES string of the molecule is COc1cccc2c1C1CCN2CC1. The smallest absolute Gasteiger partial charge is 0.124 e. The van der Waals surface area contributed by atoms with E-state index in [2.05, 4.69) is 23.1 Å². The first-order valence-electron chi connectivity index (χ1n) is 5.32. The van der Waals surface area contributed by atoms with Crippen LogP contribution in [0.4, 0.5) is 5.69 Å². The summed E-state index contributed by atoms with van der Waals surface area (Å²) in [4.78, 5) is 2.48. The predicted octanol–water partition coefficient (Wildman–Crippen LogP) is 2.39. The van der Waals surface area contributed by atoms with Crippen LogP contribution in [-0.2, 0) is 0 Å². The number of piperidine rings is 1. The van der Waals surface area contributed by atoms with Gasteiger partial charge in [-0.25, -0.2) is 0 Å². The first-order chi connectivity index (χ1) is 6.90. The molecule has 14 heavy (non-hydrogen) atoms. The molecule has 0 N–H and O–H groups in total. The summed E-state index contributed by atoms with van der Waals surface area (Å²) in [6, 6.07) is 6.40. The van der Waals surface area contributed by atoms with Gasteiger partial charge in [-0.15, -0.1) is 0 Å². The molecule has 1 aromatic rings. The van der Waals surface area contributed by atoms with Crippen LogP contribution in [0.2, 0.25) is 0 Å². The zero-order valence-corrected chi connectivity index (χ0v) is 8.49. The molecule has 1 fully saturated rings. The van der Waals surface area contributed by atoms with Crippen molar-refractivity contribution in [3.8, 4) is 5.75 Å². The molecular weight excluding hydrogens is 174 g/mol. The van der Waals surface area contributed by atoms with Crippen LogP contribution in [0.15, 0.2) is 18.2 Å². The van der Waals surface area contributed by atoms with Crippen LogP contribution < -0.4 is 9.64 Å². The van der Waals surface area contributed by atoms with Crippen LogP contribution in [-0.4, -0.2) is 20.2 Å². The van der Waals surface area contributed by atoms with E-state index in [4.69, 9.17) is 4.74 Å². The molecule has 1 saturated heterocycles. The third-order valence-corrected chi connectivity index (χ3v) is 3.51. The molecule has 3 heterocycles. The van der Waals surface area contributed by atoms with E-state index in [9.17, 15) is 0 Å². The third-order valence-electron chi connectivity index (χ3n) is 3.51. The van der Waals surface area contributed by atoms with Gasteiger partial charge in [0.25, 0.3) is 0 Å². The minimum atomic E-state index is 0.742. The molecule has 0 atom stereocenters. The van der Waals surface area contributed by atoms with E-state index in [1.165, 1.54) is 37.2 Å². The second-order valence-corrected chi connectivity index (χ2v) is 4.15. The lowest BCUT2D eigenvalue weighted by atomic mass is 9.82. The van der Waals surface area contributed by atoms with Crippen LogP contribution in [0.25, 0.3) is 0 Å². The Labute approximate surface area is 84.5 Å². The molecule has 4 rings (SSSR count). The Morgan fingerprint density at radius 2 is 2.07 bits per heavy atom. The maximum atomic E-state index is 5.44. The third kappa shape index (κ3) is 0.969. The largest absolute Gasteiger partial charge is 0.496 e. The quantitative estimate of drug-likeness (QED) is 0.672. The van der Waals surface area contributed by atoms with Gasteiger partial charge in [-0.2, -0.15) is 0 Å². The molecule has 3 aliphatic heterocycles. The van der Waals surface area contributed by atoms with Gasteiger partial charge in [0, 0.05) is 24.3 Å². The van der Waals surface area contributed by atoms with Crippen molar-refractivity contribution >= 4 is 5.69 Å². The summed E-state index contributed by atoms with van der Waals surface area (Å²) in [7, 11) is 1.77. The number of rotatable bonds is 1. The number of methoxy groups -OCH3 is 1. The monoisotopic (exact) mass is 189 g/mol. The number of benzene rings is 1. The Kier molecular flexibility index (Phi) is 1.69. The minimum absolute atomic E-state index is 0.742. The highest BCUT2D eigenvalue weighted by Crippen LogP contribution is 2.46. The van der Waals surface area contributed by atoms with Gasteiger partial charge < -0.3 is 9.64 Å². The summed E-state index contributed by atoms with van der Waals surface area (Å²) in [5.74, 6) is 1.82. The van der Waals surface area contributed by atoms with Gasteiger partial charge in [0.15, 0.2) is 0 Å². The molecule has 74 valence electrons. The first kappa shape index (κ1) is 8.16. The van der Waals surface area contributed by atoms with Crippen LogP contribution in [0.3, 0.4) is 0 Å². The maximum Gasteiger partial charge on any atom is 0.124 e. The van der Waals surface area contributed by atoms with E-state index >= 15 is 0 Å². The number of nitrogens with zero attached hydrogens (tertiary/aromatic N) is 1. The topological polar surface area (TPSA) is 12.5 Å². The molecule has 2 bridgehead atoms. The van der Waals surface area contributed by atoms with Gasteiger partial charge in [0.05, 0.1) is 7.11 Å². The van der Waals surface area contributed by atoms with Gasteiger partial charge in [-0.05, 0) is 30.9 Å². The van der Waals surface area contributed by atoms with Gasteiger partial charge in [0.2, 0.25) is 0 Å². The van der Waals surface area contributed by atoms with E-state index in [1.807, 2.05) is 0 Å². The molecule has 2 nitrogen and oxygen atoms in total. The van der Waals surface area contributed by atoms with E-state index in [0.29, 0.717) is 0 Å². The number of ether oxygens (including phenoxy) is 1. The first-order valence-corrected chi connectivity index (χ1v) is 5.32. The minimum Gasteiger partial charge on any atom is -0.496 e. The van der Waals surface area contributed by atoms with Crippen molar-refractivity contribution in [2.24, 2.45) is 0 Å². The summed E-state index contributed by atoms with van der Waals surface area (Å²) in [6.07, 6.45) is 2.60. The van der Waals surface area contributed by atoms with Crippen molar-refractivity contribution in [1.29, 1.82) is 0 Å². The Morgan fingerprint density at radius 3 is 2.79 bits per heavy atom. The Morgan fingerprint density at radius 1 is 1.29 bits per heavy atom. The van der Waals surface area contributed by atoms with Crippen LogP contribution >= 0.6 is 0 Å². The molecule has 0 radical (unpaired) electrons. The maximum absolute atomic E-state index is 5.44. The van der Waals surface area contributed by atoms with Gasteiger partial charge in [-0.3, -0.25) is 0 Å². The summed E-state index contributed by atoms with van der Waals surface area (Å²) < 4.78 is 5.44. The molecule has 0 aliphatic carbocycles. The molecule has 0 amide bonds. The van der Waals surface area contributed by atoms with Crippen LogP contribution in [0, 0.1) is 0 Å². The zero-order chi connectivity index (χ0) is 9.54. The van der Waals surface area contributed by atoms with Crippen molar-refractivity contribution in [3.05, 3.63) is 23.8 Å². The van der Waals surface area contributed by atoms with Crippen molar-refractivity contribution < 1.29 is 4.74 Å². The van der Waals surface area contributed by atoms with E-state index in [1.54, 1.807) is 7.11 Å². The second-order valence-electron chi connectivity index (χ2n) is 4.15. The van der Waals surface area contributed by atoms with Crippen LogP contribution in [0.5, 0.6) is 5.75 Å². The molecule has 2 heteroatoms. The number of fused-ring (bicyclic) bond motifs is 2. The fourth-order valence-corrected chi connectivity index (χ4v) is 2.81. The van der Waals surface area contributed by atoms with Crippen molar-refractivity contribution in [3.63, 3.8) is 0 Å². The van der Waals surface area contributed by atoms with Gasteiger partial charge in [0.1, 0.15) is 5.75 Å². The highest BCUT2D eigenvalue weighted by molar-refractivity contribution is 5.64. The number of hydrogen-bond donors (Lipinski definition) is 0. The van der Waals surface area contributed by atoms with E-state index in [-0.39, 0.29) is 0 Å². The molecule has 0 unspecified atom stereocenters. The van der Waals surface area contributed by atoms with Gasteiger partial charge >= 0.3 is 0 Å². The summed E-state index contributed by atoms with van der Waals surface area (Å²) in [6.45, 7) is 2.45. The predicted molar refractivity (Wildman–Crippen MR) is 57.2 cm³/mol. The molecule has 0 aromatic heterocycles. The Balaban J connectivity index is 2.18. The normalized spacial score (nSPS) is 19.6. The van der Waals surface area contributed by atoms with Crippen molar-refractivity contribution in [2.45, 2.75) is 18.8 Å². The van der Waals surface area contributed by atoms with Gasteiger partial charge in [-0.1, -0.05) is 6.07 Å². The molecular formula is C12H15NO. The molecule has 1 aromatic carbocycles. The van der Waals surface area contributed by atoms with Crippen molar-refractivity contribution in [1.82, 2.24) is 0 Å². The summed E-state index contributed by atoms with van der Waals surface area (Å²) >= 11 is 0. The molecule has 0 saturated carbocycles. The average Bonchev–Trinajstić information content (AvgIpc) is 2.30. The molecule has 0 spiro atoms. The Bertz CT molecular complexity index is 353. The number of hydrogen-bond acceptors (Lipinski definition) is 2. The van der Waals surface area contributed by atoms with E-state index in [0.717, 1.165) is 11.7 Å². The lowest BCUT2D eigenvalue weighted by molar-refractivity contribution is 0.389. The highest BCUT2D eigenvalue weighted by atomic mass is 16.5. The standard InChI is InChI=1S/C12H15NO/c1-14-11-4-2-3-10-12(11)9-5-7-13(10)8-6-9/h2-4,9H,5-8H2,1H3. The average molecular weight is 189 g/mol. The fraction of sp³-hybridized carbons (Fsp3) is 0.500. The van der Waals surface area contributed by atoms with E-state index < -0.39 is 0 Å². The van der Waals surface area contributed by atoms with Crippen molar-refractivity contribution in [2.75, 3.05) is 25.1 Å². The zero-order valence-electron chi connectivity index (χ0n) is 8.49. The highest BCUT2D eigenvalue weighted by Gasteiger charge is 2.32. The summed E-state index contributed by atoms with van der Waals surface area (Å²) in [5.41, 5.74) is 2.86. The van der Waals surface area contributed by atoms with Crippen LogP contribution in [0.1, 0.15) is 24.3 Å².